The van der Waals surface area contributed by atoms with Crippen LogP contribution < -0.4 is 5.56 Å². The predicted molar refractivity (Wildman–Crippen MR) is 104 cm³/mol. The summed E-state index contributed by atoms with van der Waals surface area (Å²) in [6.07, 6.45) is 3.22. The maximum absolute atomic E-state index is 11.9. The van der Waals surface area contributed by atoms with E-state index in [1.807, 2.05) is 4.57 Å². The average Bonchev–Trinajstić information content (AvgIpc) is 3.07. The van der Waals surface area contributed by atoms with Gasteiger partial charge in [-0.1, -0.05) is 0 Å². The molecule has 2 aromatic heterocycles. The molecule has 0 saturated carbocycles. The Balaban J connectivity index is 1.88. The summed E-state index contributed by atoms with van der Waals surface area (Å²) in [6.45, 7) is 13.5. The minimum Gasteiger partial charge on any atom is -0.415 e. The minimum absolute atomic E-state index is 0.0486. The molecule has 3 atom stereocenters. The summed E-state index contributed by atoms with van der Waals surface area (Å²) >= 11 is 0. The molecule has 0 spiro atoms. The molecule has 3 heterocycles. The van der Waals surface area contributed by atoms with Gasteiger partial charge in [0.15, 0.2) is 34.0 Å². The third-order valence-electron chi connectivity index (χ3n) is 3.99. The highest BCUT2D eigenvalue weighted by Crippen LogP contribution is 2.34. The smallest absolute Gasteiger partial charge is 0.278 e. The number of fused-ring (bicyclic) bond motifs is 1. The van der Waals surface area contributed by atoms with Crippen molar-refractivity contribution in [2.75, 3.05) is 6.61 Å². The maximum Gasteiger partial charge on any atom is 0.278 e. The first kappa shape index (κ1) is 19.4. The second-order valence-corrected chi connectivity index (χ2v) is 17.6. The number of aromatic amines is 1. The Morgan fingerprint density at radius 2 is 1.96 bits per heavy atom. The third-order valence-corrected chi connectivity index (χ3v) is 6.03. The lowest BCUT2D eigenvalue weighted by Gasteiger charge is -2.27. The number of hydrogen-bond acceptors (Lipinski definition) is 6. The van der Waals surface area contributed by atoms with Gasteiger partial charge >= 0.3 is 0 Å². The maximum atomic E-state index is 11.9. The van der Waals surface area contributed by atoms with E-state index in [0.717, 1.165) is 6.42 Å². The summed E-state index contributed by atoms with van der Waals surface area (Å²) in [5, 5.41) is 0. The molecule has 0 amide bonds. The summed E-state index contributed by atoms with van der Waals surface area (Å²) in [7, 11) is -3.40. The van der Waals surface area contributed by atoms with Crippen LogP contribution in [0.3, 0.4) is 0 Å². The highest BCUT2D eigenvalue weighted by molar-refractivity contribution is 6.70. The number of H-pyrrole nitrogens is 1. The Morgan fingerprint density at radius 1 is 1.23 bits per heavy atom. The van der Waals surface area contributed by atoms with E-state index in [-0.39, 0.29) is 24.0 Å². The molecule has 1 N–H and O–H groups in total. The van der Waals surface area contributed by atoms with Crippen LogP contribution in [0, 0.1) is 0 Å². The van der Waals surface area contributed by atoms with E-state index >= 15 is 0 Å². The van der Waals surface area contributed by atoms with Crippen LogP contribution >= 0.6 is 0 Å². The van der Waals surface area contributed by atoms with E-state index in [1.54, 1.807) is 6.33 Å². The molecule has 0 unspecified atom stereocenters. The van der Waals surface area contributed by atoms with Crippen LogP contribution in [0.5, 0.6) is 0 Å². The van der Waals surface area contributed by atoms with E-state index in [1.165, 1.54) is 6.33 Å². The van der Waals surface area contributed by atoms with Gasteiger partial charge in [-0.05, 0) is 39.3 Å². The number of imidazole rings is 1. The first-order valence-electron chi connectivity index (χ1n) is 8.91. The summed E-state index contributed by atoms with van der Waals surface area (Å²) in [5.41, 5.74) is 0.562. The average molecular weight is 397 g/mol. The van der Waals surface area contributed by atoms with Crippen molar-refractivity contribution in [2.24, 2.45) is 0 Å². The van der Waals surface area contributed by atoms with Crippen molar-refractivity contribution >= 4 is 27.8 Å². The van der Waals surface area contributed by atoms with Gasteiger partial charge in [0, 0.05) is 6.42 Å². The summed E-state index contributed by atoms with van der Waals surface area (Å²) in [6, 6.07) is 0. The highest BCUT2D eigenvalue weighted by atomic mass is 28.4. The van der Waals surface area contributed by atoms with E-state index in [4.69, 9.17) is 13.6 Å². The molecule has 1 aliphatic rings. The third kappa shape index (κ3) is 4.49. The molecule has 144 valence electrons. The fourth-order valence-electron chi connectivity index (χ4n) is 3.02. The SMILES string of the molecule is C[Si](C)(C)OC[C@@H]1C[C@@H](O[Si](C)(C)C)[C@H](n2cnc3c(=O)[nH]cnc32)O1. The van der Waals surface area contributed by atoms with Crippen LogP contribution in [-0.4, -0.2) is 55.0 Å². The molecule has 2 aromatic rings. The van der Waals surface area contributed by atoms with Crippen LogP contribution in [0.15, 0.2) is 17.4 Å². The van der Waals surface area contributed by atoms with Crippen LogP contribution in [0.1, 0.15) is 12.6 Å². The first-order valence-corrected chi connectivity index (χ1v) is 15.7. The molecule has 0 bridgehead atoms. The molecule has 1 saturated heterocycles. The molecular weight excluding hydrogens is 368 g/mol. The van der Waals surface area contributed by atoms with Crippen LogP contribution in [0.25, 0.3) is 11.2 Å². The fourth-order valence-corrected chi connectivity index (χ4v) is 4.83. The van der Waals surface area contributed by atoms with Gasteiger partial charge in [-0.3, -0.25) is 9.36 Å². The van der Waals surface area contributed by atoms with Crippen molar-refractivity contribution in [3.05, 3.63) is 23.0 Å². The van der Waals surface area contributed by atoms with Crippen LogP contribution in [0.4, 0.5) is 0 Å². The van der Waals surface area contributed by atoms with Crippen LogP contribution in [-0.2, 0) is 13.6 Å². The lowest BCUT2D eigenvalue weighted by molar-refractivity contribution is -0.0428. The Labute approximate surface area is 155 Å². The predicted octanol–water partition coefficient (Wildman–Crippen LogP) is 2.48. The van der Waals surface area contributed by atoms with Gasteiger partial charge in [0.25, 0.3) is 5.56 Å². The molecule has 0 radical (unpaired) electrons. The Hall–Kier alpha value is -1.34. The van der Waals surface area contributed by atoms with E-state index in [0.29, 0.717) is 17.8 Å². The van der Waals surface area contributed by atoms with Gasteiger partial charge in [0.2, 0.25) is 0 Å². The monoisotopic (exact) mass is 396 g/mol. The largest absolute Gasteiger partial charge is 0.415 e. The van der Waals surface area contributed by atoms with Gasteiger partial charge in [-0.25, -0.2) is 9.97 Å². The van der Waals surface area contributed by atoms with Gasteiger partial charge in [0.05, 0.1) is 31.5 Å². The summed E-state index contributed by atoms with van der Waals surface area (Å²) in [5.74, 6) is 0. The van der Waals surface area contributed by atoms with E-state index in [2.05, 4.69) is 54.2 Å². The highest BCUT2D eigenvalue weighted by Gasteiger charge is 2.41. The molecule has 26 heavy (non-hydrogen) atoms. The molecule has 8 nitrogen and oxygen atoms in total. The lowest BCUT2D eigenvalue weighted by Crippen LogP contribution is -2.35. The molecule has 0 aromatic carbocycles. The number of ether oxygens (including phenoxy) is 1. The van der Waals surface area contributed by atoms with Crippen molar-refractivity contribution in [1.82, 2.24) is 19.5 Å². The molecule has 10 heteroatoms. The molecular formula is C16H28N4O4Si2. The quantitative estimate of drug-likeness (QED) is 0.754. The zero-order valence-corrected chi connectivity index (χ0v) is 18.3. The first-order chi connectivity index (χ1) is 12.0. The van der Waals surface area contributed by atoms with E-state index < -0.39 is 16.6 Å². The zero-order chi connectivity index (χ0) is 19.1. The Bertz CT molecular complexity index is 824. The van der Waals surface area contributed by atoms with Crippen molar-refractivity contribution < 1.29 is 13.6 Å². The standard InChI is InChI=1S/C16H28N4O4Si2/c1-25(2,3)22-8-11-7-12(24-26(4,5)6)16(23-11)20-10-19-13-14(20)17-9-18-15(13)21/h9-12,16H,7-8H2,1-6H3,(H,17,18,21)/t11-,12+,16+/m0/s1. The number of nitrogens with zero attached hydrogens (tertiary/aromatic N) is 3. The van der Waals surface area contributed by atoms with E-state index in [9.17, 15) is 4.79 Å². The Morgan fingerprint density at radius 3 is 2.62 bits per heavy atom. The van der Waals surface area contributed by atoms with Crippen molar-refractivity contribution in [2.45, 2.75) is 64.1 Å². The van der Waals surface area contributed by atoms with Gasteiger partial charge in [0.1, 0.15) is 0 Å². The van der Waals surface area contributed by atoms with Crippen molar-refractivity contribution in [1.29, 1.82) is 0 Å². The summed E-state index contributed by atoms with van der Waals surface area (Å²) < 4.78 is 20.5. The van der Waals surface area contributed by atoms with Gasteiger partial charge in [-0.2, -0.15) is 0 Å². The molecule has 0 aliphatic carbocycles. The second kappa shape index (κ2) is 7.00. The fraction of sp³-hybridized carbons (Fsp3) is 0.688. The normalized spacial score (nSPS) is 24.5. The number of rotatable bonds is 6. The topological polar surface area (TPSA) is 91.3 Å². The number of hydrogen-bond donors (Lipinski definition) is 1. The lowest BCUT2D eigenvalue weighted by atomic mass is 10.2. The molecule has 3 rings (SSSR count). The second-order valence-electron chi connectivity index (χ2n) is 8.63. The van der Waals surface area contributed by atoms with Gasteiger partial charge < -0.3 is 18.6 Å². The van der Waals surface area contributed by atoms with Crippen LogP contribution in [0.2, 0.25) is 39.3 Å². The number of nitrogens with one attached hydrogen (secondary N) is 1. The number of aromatic nitrogens is 4. The molecule has 1 aliphatic heterocycles. The Kier molecular flexibility index (Phi) is 5.23. The van der Waals surface area contributed by atoms with Crippen molar-refractivity contribution in [3.63, 3.8) is 0 Å². The van der Waals surface area contributed by atoms with Gasteiger partial charge in [-0.15, -0.1) is 0 Å². The van der Waals surface area contributed by atoms with Crippen molar-refractivity contribution in [3.8, 4) is 0 Å². The zero-order valence-electron chi connectivity index (χ0n) is 16.3. The minimum atomic E-state index is -1.78. The molecule has 1 fully saturated rings. The summed E-state index contributed by atoms with van der Waals surface area (Å²) in [4.78, 5) is 23.0.